The largest absolute Gasteiger partial charge is 0.494 e. The van der Waals surface area contributed by atoms with Gasteiger partial charge in [0.1, 0.15) is 11.8 Å². The molecule has 2 heterocycles. The van der Waals surface area contributed by atoms with Crippen LogP contribution < -0.4 is 15.8 Å². The minimum Gasteiger partial charge on any atom is -0.494 e. The zero-order valence-corrected chi connectivity index (χ0v) is 12.3. The van der Waals surface area contributed by atoms with E-state index in [0.717, 1.165) is 11.3 Å². The molecule has 2 aromatic rings. The molecule has 3 N–H and O–H groups in total. The number of hydrogen-bond acceptors (Lipinski definition) is 6. The summed E-state index contributed by atoms with van der Waals surface area (Å²) in [7, 11) is 0. The van der Waals surface area contributed by atoms with E-state index in [4.69, 9.17) is 10.5 Å². The Balaban J connectivity index is 2.08. The molecule has 8 nitrogen and oxygen atoms in total. The van der Waals surface area contributed by atoms with E-state index in [1.165, 1.54) is 0 Å². The van der Waals surface area contributed by atoms with Crippen LogP contribution in [0.2, 0.25) is 0 Å². The van der Waals surface area contributed by atoms with Gasteiger partial charge in [-0.25, -0.2) is 0 Å². The number of primary amides is 1. The number of fused-ring (bicyclic) bond motifs is 1. The molecule has 8 heteroatoms. The highest BCUT2D eigenvalue weighted by molar-refractivity contribution is 5.95. The Morgan fingerprint density at radius 2 is 2.14 bits per heavy atom. The van der Waals surface area contributed by atoms with Gasteiger partial charge < -0.3 is 15.8 Å². The van der Waals surface area contributed by atoms with Crippen LogP contribution in [0.4, 0.5) is 5.95 Å². The van der Waals surface area contributed by atoms with Crippen LogP contribution in [0, 0.1) is 0 Å². The number of anilines is 1. The third-order valence-corrected chi connectivity index (χ3v) is 3.49. The molecule has 114 valence electrons. The van der Waals surface area contributed by atoms with Crippen molar-refractivity contribution in [3.8, 4) is 5.75 Å². The average Bonchev–Trinajstić information content (AvgIpc) is 2.94. The maximum absolute atomic E-state index is 11.9. The van der Waals surface area contributed by atoms with Gasteiger partial charge in [0.05, 0.1) is 12.2 Å². The number of nitrogens with one attached hydrogen (secondary N) is 1. The number of benzene rings is 1. The summed E-state index contributed by atoms with van der Waals surface area (Å²) in [5.41, 5.74) is 7.48. The van der Waals surface area contributed by atoms with Gasteiger partial charge in [0.25, 0.3) is 0 Å². The van der Waals surface area contributed by atoms with Crippen molar-refractivity contribution in [2.45, 2.75) is 19.9 Å². The smallest absolute Gasteiger partial charge is 0.248 e. The monoisotopic (exact) mass is 300 g/mol. The number of nitrogens with two attached hydrogens (primary N) is 1. The molecule has 22 heavy (non-hydrogen) atoms. The third kappa shape index (κ3) is 2.28. The molecule has 1 atom stereocenters. The van der Waals surface area contributed by atoms with Crippen LogP contribution in [0.5, 0.6) is 5.75 Å². The number of allylic oxidation sites excluding steroid dienone is 1. The van der Waals surface area contributed by atoms with Crippen molar-refractivity contribution in [3.05, 3.63) is 41.1 Å². The lowest BCUT2D eigenvalue weighted by Gasteiger charge is -2.26. The number of aromatic nitrogens is 4. The summed E-state index contributed by atoms with van der Waals surface area (Å²) in [6.07, 6.45) is 0. The molecule has 0 fully saturated rings. The predicted molar refractivity (Wildman–Crippen MR) is 79.1 cm³/mol. The Morgan fingerprint density at radius 3 is 2.77 bits per heavy atom. The zero-order valence-electron chi connectivity index (χ0n) is 12.3. The molecule has 0 saturated carbocycles. The molecular formula is C14H16N6O2. The molecule has 0 bridgehead atoms. The molecule has 0 saturated heterocycles. The van der Waals surface area contributed by atoms with Crippen molar-refractivity contribution in [2.24, 2.45) is 5.73 Å². The van der Waals surface area contributed by atoms with E-state index < -0.39 is 11.9 Å². The van der Waals surface area contributed by atoms with Gasteiger partial charge in [-0.05, 0) is 42.0 Å². The average molecular weight is 300 g/mol. The van der Waals surface area contributed by atoms with Crippen LogP contribution in [-0.2, 0) is 4.79 Å². The van der Waals surface area contributed by atoms with Gasteiger partial charge in [0.15, 0.2) is 0 Å². The van der Waals surface area contributed by atoms with E-state index in [9.17, 15) is 4.79 Å². The Kier molecular flexibility index (Phi) is 3.50. The van der Waals surface area contributed by atoms with Crippen molar-refractivity contribution in [2.75, 3.05) is 11.9 Å². The lowest BCUT2D eigenvalue weighted by molar-refractivity contribution is -0.115. The highest BCUT2D eigenvalue weighted by atomic mass is 16.5. The second-order valence-electron chi connectivity index (χ2n) is 4.88. The Bertz CT molecular complexity index is 734. The number of hydrogen-bond donors (Lipinski definition) is 2. The number of nitrogens with zero attached hydrogens (tertiary/aromatic N) is 4. The first-order chi connectivity index (χ1) is 10.6. The fourth-order valence-electron chi connectivity index (χ4n) is 2.55. The number of tetrazole rings is 1. The van der Waals surface area contributed by atoms with Gasteiger partial charge in [-0.1, -0.05) is 17.2 Å². The number of ether oxygens (including phenoxy) is 1. The van der Waals surface area contributed by atoms with Crippen molar-refractivity contribution < 1.29 is 9.53 Å². The highest BCUT2D eigenvalue weighted by Gasteiger charge is 2.32. The molecule has 0 aliphatic carbocycles. The summed E-state index contributed by atoms with van der Waals surface area (Å²) >= 11 is 0. The summed E-state index contributed by atoms with van der Waals surface area (Å²) in [5.74, 6) is 0.727. The summed E-state index contributed by atoms with van der Waals surface area (Å²) in [4.78, 5) is 11.9. The Labute approximate surface area is 126 Å². The fraction of sp³-hybridized carbons (Fsp3) is 0.286. The first-order valence-electron chi connectivity index (χ1n) is 6.90. The van der Waals surface area contributed by atoms with E-state index in [1.807, 2.05) is 31.2 Å². The molecule has 1 aromatic carbocycles. The summed E-state index contributed by atoms with van der Waals surface area (Å²) in [6.45, 7) is 4.29. The topological polar surface area (TPSA) is 108 Å². The maximum atomic E-state index is 11.9. The quantitative estimate of drug-likeness (QED) is 0.866. The second-order valence-corrected chi connectivity index (χ2v) is 4.88. The Hall–Kier alpha value is -2.90. The normalized spacial score (nSPS) is 16.9. The van der Waals surface area contributed by atoms with Crippen LogP contribution >= 0.6 is 0 Å². The number of carbonyl (C=O) groups is 1. The SMILES string of the molecule is CCOc1ccc([C@@H]2C(C(N)=O)=C(C)Nc3nnnn32)cc1. The first kappa shape index (κ1) is 14.1. The lowest BCUT2D eigenvalue weighted by Crippen LogP contribution is -2.31. The van der Waals surface area contributed by atoms with Gasteiger partial charge in [0.2, 0.25) is 11.9 Å². The van der Waals surface area contributed by atoms with Crippen molar-refractivity contribution >= 4 is 11.9 Å². The maximum Gasteiger partial charge on any atom is 0.248 e. The van der Waals surface area contributed by atoms with Gasteiger partial charge in [0, 0.05) is 5.70 Å². The zero-order chi connectivity index (χ0) is 15.7. The van der Waals surface area contributed by atoms with Crippen LogP contribution in [0.15, 0.2) is 35.5 Å². The van der Waals surface area contributed by atoms with Crippen LogP contribution in [-0.4, -0.2) is 32.7 Å². The highest BCUT2D eigenvalue weighted by Crippen LogP contribution is 2.34. The summed E-state index contributed by atoms with van der Waals surface area (Å²) < 4.78 is 6.98. The van der Waals surface area contributed by atoms with Crippen LogP contribution in [0.1, 0.15) is 25.5 Å². The fourth-order valence-corrected chi connectivity index (χ4v) is 2.55. The number of carbonyl (C=O) groups excluding carboxylic acids is 1. The molecule has 0 spiro atoms. The van der Waals surface area contributed by atoms with E-state index in [-0.39, 0.29) is 0 Å². The number of amides is 1. The first-order valence-corrected chi connectivity index (χ1v) is 6.90. The number of rotatable bonds is 4. The minimum absolute atomic E-state index is 0.434. The molecule has 1 aliphatic rings. The standard InChI is InChI=1S/C14H16N6O2/c1-3-22-10-6-4-9(5-7-10)12-11(13(15)21)8(2)16-14-17-18-19-20(12)14/h4-7,12H,3H2,1-2H3,(H2,15,21)(H,16,17,19)/t12-/m1/s1. The van der Waals surface area contributed by atoms with Gasteiger partial charge in [-0.2, -0.15) is 4.68 Å². The molecular weight excluding hydrogens is 284 g/mol. The van der Waals surface area contributed by atoms with Crippen molar-refractivity contribution in [3.63, 3.8) is 0 Å². The summed E-state index contributed by atoms with van der Waals surface area (Å²) in [6, 6.07) is 6.99. The van der Waals surface area contributed by atoms with Crippen molar-refractivity contribution in [1.82, 2.24) is 20.2 Å². The molecule has 1 aliphatic heterocycles. The third-order valence-electron chi connectivity index (χ3n) is 3.49. The van der Waals surface area contributed by atoms with Gasteiger partial charge in [-0.15, -0.1) is 0 Å². The van der Waals surface area contributed by atoms with Crippen molar-refractivity contribution in [1.29, 1.82) is 0 Å². The molecule has 0 radical (unpaired) electrons. The van der Waals surface area contributed by atoms with Crippen LogP contribution in [0.3, 0.4) is 0 Å². The molecule has 1 amide bonds. The van der Waals surface area contributed by atoms with E-state index >= 15 is 0 Å². The van der Waals surface area contributed by atoms with E-state index in [2.05, 4.69) is 20.8 Å². The second kappa shape index (κ2) is 5.47. The summed E-state index contributed by atoms with van der Waals surface area (Å²) in [5, 5.41) is 14.5. The van der Waals surface area contributed by atoms with Crippen LogP contribution in [0.25, 0.3) is 0 Å². The van der Waals surface area contributed by atoms with Gasteiger partial charge >= 0.3 is 0 Å². The Morgan fingerprint density at radius 1 is 1.41 bits per heavy atom. The lowest BCUT2D eigenvalue weighted by atomic mass is 9.95. The predicted octanol–water partition coefficient (Wildman–Crippen LogP) is 0.846. The minimum atomic E-state index is -0.509. The molecule has 3 rings (SSSR count). The van der Waals surface area contributed by atoms with E-state index in [1.54, 1.807) is 11.6 Å². The molecule has 0 unspecified atom stereocenters. The molecule has 1 aromatic heterocycles. The van der Waals surface area contributed by atoms with Gasteiger partial charge in [-0.3, -0.25) is 4.79 Å². The van der Waals surface area contributed by atoms with E-state index in [0.29, 0.717) is 23.8 Å².